The predicted molar refractivity (Wildman–Crippen MR) is 394 cm³/mol. The molecule has 9 fully saturated rings. The summed E-state index contributed by atoms with van der Waals surface area (Å²) in [5.41, 5.74) is 0. The molecule has 9 saturated heterocycles. The van der Waals surface area contributed by atoms with Gasteiger partial charge < -0.3 is 260 Å². The highest BCUT2D eigenvalue weighted by atomic mass is 16.8. The van der Waals surface area contributed by atoms with E-state index in [-0.39, 0.29) is 0 Å². The number of aliphatic hydroxyl groups is 29. The minimum absolute atomic E-state index is 0.822. The Hall–Kier alpha value is -4.53. The number of carbonyl (C=O) groups excluding carboxylic acids is 4. The van der Waals surface area contributed by atoms with Crippen LogP contribution in [0.3, 0.4) is 0 Å². The van der Waals surface area contributed by atoms with Crippen LogP contribution in [0.25, 0.3) is 0 Å². The van der Waals surface area contributed by atoms with E-state index >= 15 is 0 Å². The quantitative estimate of drug-likeness (QED) is 0.0273. The van der Waals surface area contributed by atoms with Crippen molar-refractivity contribution in [2.24, 2.45) is 0 Å². The number of hydrogen-bond donors (Lipinski definition) is 34. The summed E-state index contributed by atoms with van der Waals surface area (Å²) in [5, 5.41) is 342. The zero-order valence-corrected chi connectivity index (χ0v) is 68.9. The highest BCUT2D eigenvalue weighted by molar-refractivity contribution is 5.77. The zero-order valence-electron chi connectivity index (χ0n) is 68.9. The van der Waals surface area contributed by atoms with Crippen LogP contribution in [0.4, 0.5) is 0 Å². The number of ether oxygens (including phenoxy) is 18. The lowest BCUT2D eigenvalue weighted by molar-refractivity contribution is -0.398. The Morgan fingerprint density at radius 3 is 1.22 bits per heavy atom. The van der Waals surface area contributed by atoms with Crippen LogP contribution in [0.2, 0.25) is 0 Å². The van der Waals surface area contributed by atoms with Gasteiger partial charge in [-0.15, -0.1) is 0 Å². The number of aliphatic hydroxyl groups excluding tert-OH is 29. The minimum atomic E-state index is -3.42. The first-order valence-electron chi connectivity index (χ1n) is 40.6. The van der Waals surface area contributed by atoms with Crippen LogP contribution in [-0.4, -0.2) is 555 Å². The molecule has 0 unspecified atom stereocenters. The molecule has 0 aromatic carbocycles. The first-order valence-corrected chi connectivity index (χ1v) is 40.6. The molecule has 57 nitrogen and oxygen atoms in total. The predicted octanol–water partition coefficient (Wildman–Crippen LogP) is -22.4. The summed E-state index contributed by atoms with van der Waals surface area (Å²) in [4.78, 5) is 65.7. The van der Waals surface area contributed by atoms with E-state index in [1.807, 2.05) is 0 Å². The monoisotopic (exact) mass is 1880 g/mol. The lowest BCUT2D eigenvalue weighted by Crippen LogP contribution is -2.72. The van der Waals surface area contributed by atoms with Crippen molar-refractivity contribution in [1.29, 1.82) is 0 Å². The number of carboxylic acid groups (broad SMARTS) is 1. The Labute approximate surface area is 724 Å². The smallest absolute Gasteiger partial charge is 0.364 e. The average Bonchev–Trinajstić information content (AvgIpc) is 0.751. The Kier molecular flexibility index (Phi) is 39.2. The minimum Gasteiger partial charge on any atom is -0.477 e. The number of aliphatic carboxylic acids is 1. The lowest BCUT2D eigenvalue weighted by atomic mass is 9.88. The molecule has 9 rings (SSSR count). The number of carbonyl (C=O) groups is 5. The molecule has 128 heavy (non-hydrogen) atoms. The number of rotatable bonds is 38. The fourth-order valence-corrected chi connectivity index (χ4v) is 16.2. The third kappa shape index (κ3) is 23.9. The topological polar surface area (TPSA) is 907 Å². The summed E-state index contributed by atoms with van der Waals surface area (Å²) in [6.45, 7) is -7.50. The third-order valence-electron chi connectivity index (χ3n) is 23.0. The molecule has 0 saturated carbocycles. The van der Waals surface area contributed by atoms with Gasteiger partial charge in [0.2, 0.25) is 23.6 Å². The van der Waals surface area contributed by atoms with E-state index in [1.165, 1.54) is 6.92 Å². The van der Waals surface area contributed by atoms with Crippen LogP contribution in [-0.2, 0) is 109 Å². The fourth-order valence-electron chi connectivity index (χ4n) is 16.2. The van der Waals surface area contributed by atoms with Gasteiger partial charge in [0.1, 0.15) is 232 Å². The van der Waals surface area contributed by atoms with Gasteiger partial charge in [0.05, 0.1) is 84.3 Å². The summed E-state index contributed by atoms with van der Waals surface area (Å²) >= 11 is 0. The van der Waals surface area contributed by atoms with Gasteiger partial charge in [-0.05, 0) is 6.92 Å². The van der Waals surface area contributed by atoms with E-state index in [1.54, 1.807) is 0 Å². The van der Waals surface area contributed by atoms with Crippen molar-refractivity contribution in [3.05, 3.63) is 0 Å². The van der Waals surface area contributed by atoms with Crippen molar-refractivity contribution in [2.45, 2.75) is 347 Å². The first kappa shape index (κ1) is 107. The van der Waals surface area contributed by atoms with Crippen molar-refractivity contribution in [3.8, 4) is 0 Å². The van der Waals surface area contributed by atoms with Gasteiger partial charge >= 0.3 is 5.97 Å². The molecule has 57 heteroatoms. The van der Waals surface area contributed by atoms with Gasteiger partial charge in [-0.25, -0.2) is 4.79 Å². The van der Waals surface area contributed by atoms with Gasteiger partial charge in [-0.1, -0.05) is 0 Å². The SMILES string of the molecule is CC(=O)N[C@H]1[C@H](OC[C@H]2O[C@@H](O[C@@H]([C@H](O)[C@@H](O)CO)[C@H](O)CO)[C@H](O)[C@@H](O[C@@H]3O[C@H](CO)[C@@H](O[C@@H]4O[C@@H](C)[C@@H](O)[C@@H](O)[C@@H]4O)[C@H](O[C@@H]4O[C@H](CO)[C@H](O)[C@H](O[C@]5(C(=O)O)C[C@H](O)[C@@H](NC(C)=O)[C@H]([C@H](O)[C@H](O)CO)O5)[C@H]4O)[C@H]3NC(C)=O)[C@H]2O)O[C@H](CO)[C@@H](O[C@@H]2O[C@H](CO)[C@H](O)[C@H](O[C@@H]3O[C@H](CO)[C@@H](O)[C@H](O[C@@H]4O[C@H](CO)[C@H](O)[C@H](O)[C@H]4O)[C@H]3NC(C)=O)[C@H]2O)[C@@H]1O. The standard InChI is InChI=1S/C71H120N4O53/c1-17-37(93)46(102)48(104)65(112-17)122-55-31(15-84)118-64(36(75-21(5)88)58(55)124-69-52(108)61(43(99)29(13-82)116-69)128-71(70(109)110)6-22(89)33(72-18(2)85)57(127-71)39(95)24(91)8-77)126-60-44(100)32(119-68(51(60)107)120-53(25(92)9-78)38(94)23(90)7-76)16-111-62-34(73-19(3)86)45(101)54(30(14-83)117-62)121-67-50(106)59(42(98)28(12-81)115-67)125-63-35(74-20(4)87)56(41(97)27(11-80)113-63)123-66-49(105)47(103)40(96)26(10-79)114-66/h17,22-69,76-84,89-108H,6-16H2,1-5H3,(H,72,85)(H,73,86)(H,74,87)(H,75,88)(H,109,110)/t17-,22-,23-,24+,25+,26+,27+,28+,29+,30+,31+,32+,33+,34+,35+,36+,37+,38+,39+,40-,41+,42-,43-,44-,45+,46+,47-,48-,49+,50+,51+,52+,53+,54+,55+,56+,57+,58+,59-,60-,61-,62+,63-,64-,65-,66-,67-,68-,69-,71-/m0/s1. The molecule has 34 N–H and O–H groups in total. The molecule has 0 aromatic heterocycles. The van der Waals surface area contributed by atoms with Gasteiger partial charge in [0.25, 0.3) is 5.79 Å². The van der Waals surface area contributed by atoms with E-state index in [9.17, 15) is 177 Å². The molecule has 742 valence electrons. The summed E-state index contributed by atoms with van der Waals surface area (Å²) in [6.07, 6.45) is -101. The van der Waals surface area contributed by atoms with Crippen molar-refractivity contribution >= 4 is 29.6 Å². The first-order chi connectivity index (χ1) is 60.3. The summed E-state index contributed by atoms with van der Waals surface area (Å²) in [6, 6.07) is -7.95. The Balaban J connectivity index is 1.04. The van der Waals surface area contributed by atoms with Gasteiger partial charge in [-0.3, -0.25) is 19.2 Å². The lowest BCUT2D eigenvalue weighted by Gasteiger charge is -2.52. The van der Waals surface area contributed by atoms with Crippen molar-refractivity contribution in [2.75, 3.05) is 66.1 Å². The maximum Gasteiger partial charge on any atom is 0.364 e. The molecule has 0 aliphatic carbocycles. The number of carboxylic acids is 1. The molecular weight excluding hydrogens is 1760 g/mol. The number of amides is 4. The van der Waals surface area contributed by atoms with E-state index < -0.39 is 408 Å². The third-order valence-corrected chi connectivity index (χ3v) is 23.0. The molecule has 0 spiro atoms. The molecule has 9 heterocycles. The van der Waals surface area contributed by atoms with Crippen LogP contribution in [0, 0.1) is 0 Å². The van der Waals surface area contributed by atoms with Crippen LogP contribution >= 0.6 is 0 Å². The van der Waals surface area contributed by atoms with Crippen LogP contribution in [0.1, 0.15) is 41.0 Å². The highest BCUT2D eigenvalue weighted by Gasteiger charge is 2.64. The molecular formula is C71H120N4O53. The fraction of sp³-hybridized carbons (Fsp3) is 0.930. The van der Waals surface area contributed by atoms with Gasteiger partial charge in [0.15, 0.2) is 50.3 Å². The largest absolute Gasteiger partial charge is 0.477 e. The molecule has 4 amide bonds. The summed E-state index contributed by atoms with van der Waals surface area (Å²) < 4.78 is 107. The molecule has 0 bridgehead atoms. The second kappa shape index (κ2) is 46.8. The van der Waals surface area contributed by atoms with Crippen LogP contribution in [0.15, 0.2) is 0 Å². The van der Waals surface area contributed by atoms with Crippen molar-refractivity contribution in [1.82, 2.24) is 21.3 Å². The second-order valence-electron chi connectivity index (χ2n) is 32.1. The molecule has 0 aromatic rings. The second-order valence-corrected chi connectivity index (χ2v) is 32.1. The maximum absolute atomic E-state index is 13.8. The van der Waals surface area contributed by atoms with Crippen molar-refractivity contribution in [3.63, 3.8) is 0 Å². The van der Waals surface area contributed by atoms with Gasteiger partial charge in [0, 0.05) is 34.1 Å². The van der Waals surface area contributed by atoms with Gasteiger partial charge in [-0.2, -0.15) is 0 Å². The average molecular weight is 1880 g/mol. The van der Waals surface area contributed by atoms with Crippen molar-refractivity contribution < 1.29 is 262 Å². The van der Waals surface area contributed by atoms with Crippen LogP contribution < -0.4 is 21.3 Å². The molecule has 0 radical (unpaired) electrons. The molecule has 9 aliphatic heterocycles. The summed E-state index contributed by atoms with van der Waals surface area (Å²) in [7, 11) is 0. The van der Waals surface area contributed by atoms with E-state index in [0.717, 1.165) is 27.7 Å². The van der Waals surface area contributed by atoms with E-state index in [2.05, 4.69) is 21.3 Å². The van der Waals surface area contributed by atoms with E-state index in [0.29, 0.717) is 0 Å². The Morgan fingerprint density at radius 2 is 0.719 bits per heavy atom. The Bertz CT molecular complexity index is 3480. The maximum atomic E-state index is 13.8. The molecule has 9 aliphatic rings. The normalized spacial score (nSPS) is 45.8. The number of nitrogens with one attached hydrogen (secondary N) is 4. The highest BCUT2D eigenvalue weighted by Crippen LogP contribution is 2.43. The van der Waals surface area contributed by atoms with Crippen LogP contribution in [0.5, 0.6) is 0 Å². The Morgan fingerprint density at radius 1 is 0.352 bits per heavy atom. The summed E-state index contributed by atoms with van der Waals surface area (Å²) in [5.74, 6) is -9.64. The number of hydrogen-bond acceptors (Lipinski definition) is 52. The zero-order chi connectivity index (χ0) is 95.0. The van der Waals surface area contributed by atoms with E-state index in [4.69, 9.17) is 85.3 Å². The molecule has 50 atom stereocenters.